The molecule has 0 radical (unpaired) electrons. The van der Waals surface area contributed by atoms with Crippen molar-refractivity contribution in [2.45, 2.75) is 13.0 Å². The Labute approximate surface area is 132 Å². The Morgan fingerprint density at radius 1 is 1.29 bits per heavy atom. The summed E-state index contributed by atoms with van der Waals surface area (Å²) in [5.41, 5.74) is 12.4. The van der Waals surface area contributed by atoms with Gasteiger partial charge in [0.1, 0.15) is 5.69 Å². The summed E-state index contributed by atoms with van der Waals surface area (Å²) in [4.78, 5) is 15.3. The molecule has 0 saturated carbocycles. The second-order valence-electron chi connectivity index (χ2n) is 4.53. The van der Waals surface area contributed by atoms with Crippen LogP contribution in [0.25, 0.3) is 0 Å². The zero-order valence-corrected chi connectivity index (χ0v) is 12.7. The van der Waals surface area contributed by atoms with Crippen LogP contribution in [0.4, 0.5) is 11.5 Å². The van der Waals surface area contributed by atoms with Crippen LogP contribution >= 0.6 is 23.2 Å². The molecular formula is C14H14Cl2N4O. The first-order valence-electron chi connectivity index (χ1n) is 6.16. The number of nitrogens with zero attached hydrogens (tertiary/aromatic N) is 1. The molecular weight excluding hydrogens is 311 g/mol. The lowest BCUT2D eigenvalue weighted by atomic mass is 10.1. The number of halogens is 2. The summed E-state index contributed by atoms with van der Waals surface area (Å²) in [7, 11) is 0. The molecule has 0 spiro atoms. The van der Waals surface area contributed by atoms with Gasteiger partial charge in [-0.05, 0) is 36.8 Å². The van der Waals surface area contributed by atoms with Crippen molar-refractivity contribution in [3.8, 4) is 0 Å². The third-order valence-electron chi connectivity index (χ3n) is 2.96. The van der Waals surface area contributed by atoms with Crippen molar-refractivity contribution in [1.82, 2.24) is 4.98 Å². The van der Waals surface area contributed by atoms with Gasteiger partial charge in [-0.3, -0.25) is 4.79 Å². The van der Waals surface area contributed by atoms with Crippen LogP contribution < -0.4 is 16.8 Å². The van der Waals surface area contributed by atoms with Crippen LogP contribution in [0, 0.1) is 0 Å². The molecule has 5 N–H and O–H groups in total. The maximum atomic E-state index is 11.2. The number of benzene rings is 1. The van der Waals surface area contributed by atoms with Crippen LogP contribution in [0.2, 0.25) is 10.0 Å². The summed E-state index contributed by atoms with van der Waals surface area (Å²) in [5.74, 6) is -0.236. The van der Waals surface area contributed by atoms with Gasteiger partial charge in [-0.15, -0.1) is 0 Å². The molecule has 2 aromatic rings. The highest BCUT2D eigenvalue weighted by molar-refractivity contribution is 6.35. The van der Waals surface area contributed by atoms with E-state index in [1.165, 1.54) is 6.07 Å². The van der Waals surface area contributed by atoms with Crippen molar-refractivity contribution in [3.63, 3.8) is 0 Å². The Hall–Kier alpha value is -1.98. The van der Waals surface area contributed by atoms with E-state index in [1.807, 2.05) is 13.0 Å². The van der Waals surface area contributed by atoms with Crippen LogP contribution in [0.15, 0.2) is 30.3 Å². The monoisotopic (exact) mass is 324 g/mol. The van der Waals surface area contributed by atoms with E-state index in [1.54, 1.807) is 18.2 Å². The summed E-state index contributed by atoms with van der Waals surface area (Å²) in [6, 6.07) is 8.10. The van der Waals surface area contributed by atoms with Crippen molar-refractivity contribution in [3.05, 3.63) is 51.6 Å². The van der Waals surface area contributed by atoms with E-state index in [0.717, 1.165) is 5.56 Å². The van der Waals surface area contributed by atoms with Gasteiger partial charge in [-0.25, -0.2) is 4.98 Å². The van der Waals surface area contributed by atoms with Gasteiger partial charge in [0.2, 0.25) is 0 Å². The number of nitrogens with two attached hydrogens (primary N) is 2. The van der Waals surface area contributed by atoms with Crippen LogP contribution in [0.5, 0.6) is 0 Å². The van der Waals surface area contributed by atoms with E-state index in [4.69, 9.17) is 34.7 Å². The van der Waals surface area contributed by atoms with Crippen molar-refractivity contribution < 1.29 is 4.79 Å². The van der Waals surface area contributed by atoms with Crippen LogP contribution in [0.3, 0.4) is 0 Å². The number of carbonyl (C=O) groups is 1. The number of nitrogen functional groups attached to an aromatic ring is 1. The van der Waals surface area contributed by atoms with Gasteiger partial charge in [-0.2, -0.15) is 0 Å². The summed E-state index contributed by atoms with van der Waals surface area (Å²) in [6.45, 7) is 1.90. The number of hydrogen-bond donors (Lipinski definition) is 3. The molecule has 110 valence electrons. The molecule has 7 heteroatoms. The minimum atomic E-state index is -0.616. The topological polar surface area (TPSA) is 94.0 Å². The SMILES string of the molecule is CC(Nc1nc(C(N)=O)ccc1N)c1ccc(Cl)cc1Cl. The maximum absolute atomic E-state index is 11.2. The molecule has 0 saturated heterocycles. The maximum Gasteiger partial charge on any atom is 0.267 e. The third-order valence-corrected chi connectivity index (χ3v) is 3.52. The van der Waals surface area contributed by atoms with Gasteiger partial charge in [-0.1, -0.05) is 29.3 Å². The van der Waals surface area contributed by atoms with Crippen LogP contribution in [0.1, 0.15) is 29.0 Å². The highest BCUT2D eigenvalue weighted by Gasteiger charge is 2.13. The molecule has 1 unspecified atom stereocenters. The Balaban J connectivity index is 2.28. The fraction of sp³-hybridized carbons (Fsp3) is 0.143. The minimum absolute atomic E-state index is 0.140. The molecule has 1 aromatic heterocycles. The molecule has 1 amide bonds. The molecule has 0 aliphatic heterocycles. The lowest BCUT2D eigenvalue weighted by molar-refractivity contribution is 0.0995. The quantitative estimate of drug-likeness (QED) is 0.804. The summed E-state index contributed by atoms with van der Waals surface area (Å²) < 4.78 is 0. The Morgan fingerprint density at radius 3 is 2.62 bits per heavy atom. The number of rotatable bonds is 4. The van der Waals surface area contributed by atoms with Gasteiger partial charge >= 0.3 is 0 Å². The number of primary amides is 1. The molecule has 0 bridgehead atoms. The van der Waals surface area contributed by atoms with E-state index >= 15 is 0 Å². The summed E-state index contributed by atoms with van der Waals surface area (Å²) in [6.07, 6.45) is 0. The van der Waals surface area contributed by atoms with Crippen LogP contribution in [-0.4, -0.2) is 10.9 Å². The van der Waals surface area contributed by atoms with E-state index in [2.05, 4.69) is 10.3 Å². The predicted octanol–water partition coefficient (Wildman–Crippen LogP) is 3.24. The highest BCUT2D eigenvalue weighted by atomic mass is 35.5. The van der Waals surface area contributed by atoms with Crippen molar-refractivity contribution in [1.29, 1.82) is 0 Å². The first-order valence-corrected chi connectivity index (χ1v) is 6.92. The molecule has 5 nitrogen and oxygen atoms in total. The number of carbonyl (C=O) groups excluding carboxylic acids is 1. The highest BCUT2D eigenvalue weighted by Crippen LogP contribution is 2.29. The average Bonchev–Trinajstić information content (AvgIpc) is 2.40. The summed E-state index contributed by atoms with van der Waals surface area (Å²) >= 11 is 12.0. The van der Waals surface area contributed by atoms with Gasteiger partial charge < -0.3 is 16.8 Å². The first-order chi connectivity index (χ1) is 9.88. The number of nitrogens with one attached hydrogen (secondary N) is 1. The third kappa shape index (κ3) is 3.56. The van der Waals surface area contributed by atoms with Gasteiger partial charge in [0.15, 0.2) is 5.82 Å². The fourth-order valence-corrected chi connectivity index (χ4v) is 2.43. The molecule has 2 rings (SSSR count). The van der Waals surface area contributed by atoms with E-state index < -0.39 is 5.91 Å². The van der Waals surface area contributed by atoms with E-state index in [0.29, 0.717) is 21.6 Å². The predicted molar refractivity (Wildman–Crippen MR) is 85.7 cm³/mol. The standard InChI is InChI=1S/C14H14Cl2N4O/c1-7(9-3-2-8(15)6-10(9)16)19-14-11(17)4-5-12(20-14)13(18)21/h2-7H,17H2,1H3,(H2,18,21)(H,19,20). The molecule has 1 heterocycles. The number of hydrogen-bond acceptors (Lipinski definition) is 4. The molecule has 0 aliphatic rings. The first kappa shape index (κ1) is 15.4. The molecule has 0 fully saturated rings. The molecule has 21 heavy (non-hydrogen) atoms. The molecule has 1 aromatic carbocycles. The lowest BCUT2D eigenvalue weighted by Gasteiger charge is -2.18. The van der Waals surface area contributed by atoms with E-state index in [9.17, 15) is 4.79 Å². The fourth-order valence-electron chi connectivity index (χ4n) is 1.86. The van der Waals surface area contributed by atoms with Gasteiger partial charge in [0.25, 0.3) is 5.91 Å². The number of anilines is 2. The minimum Gasteiger partial charge on any atom is -0.396 e. The zero-order chi connectivity index (χ0) is 15.6. The Morgan fingerprint density at radius 2 is 2.00 bits per heavy atom. The lowest BCUT2D eigenvalue weighted by Crippen LogP contribution is -2.16. The molecule has 1 atom stereocenters. The second-order valence-corrected chi connectivity index (χ2v) is 5.37. The van der Waals surface area contributed by atoms with Crippen LogP contribution in [-0.2, 0) is 0 Å². The second kappa shape index (κ2) is 6.20. The van der Waals surface area contributed by atoms with E-state index in [-0.39, 0.29) is 11.7 Å². The normalized spacial score (nSPS) is 12.0. The molecule has 0 aliphatic carbocycles. The average molecular weight is 325 g/mol. The smallest absolute Gasteiger partial charge is 0.267 e. The van der Waals surface area contributed by atoms with Crippen molar-refractivity contribution in [2.24, 2.45) is 5.73 Å². The number of amides is 1. The van der Waals surface area contributed by atoms with Crippen molar-refractivity contribution >= 4 is 40.6 Å². The van der Waals surface area contributed by atoms with Gasteiger partial charge in [0.05, 0.1) is 11.7 Å². The summed E-state index contributed by atoms with van der Waals surface area (Å²) in [5, 5.41) is 4.20. The number of aromatic nitrogens is 1. The zero-order valence-electron chi connectivity index (χ0n) is 11.2. The Kier molecular flexibility index (Phi) is 4.55. The number of pyridine rings is 1. The van der Waals surface area contributed by atoms with Crippen molar-refractivity contribution in [2.75, 3.05) is 11.1 Å². The Bertz CT molecular complexity index is 691. The van der Waals surface area contributed by atoms with Gasteiger partial charge in [0, 0.05) is 10.0 Å². The largest absolute Gasteiger partial charge is 0.396 e.